The number of methoxy groups -OCH3 is 1. The number of H-pyrrole nitrogens is 1. The fraction of sp³-hybridized carbons (Fsp3) is 0.415. The second-order valence-corrected chi connectivity index (χ2v) is 18.6. The zero-order valence-electron chi connectivity index (χ0n) is 37.5. The molecule has 1 spiro atoms. The molecule has 1 saturated carbocycles. The van der Waals surface area contributed by atoms with Crippen LogP contribution in [0.5, 0.6) is 34.5 Å². The van der Waals surface area contributed by atoms with Crippen LogP contribution in [0.3, 0.4) is 0 Å². The first kappa shape index (κ1) is 45.5. The topological polar surface area (TPSA) is 197 Å². The fourth-order valence-electron chi connectivity index (χ4n) is 10.9. The molecule has 6 atom stereocenters. The summed E-state index contributed by atoms with van der Waals surface area (Å²) >= 11 is 0. The van der Waals surface area contributed by atoms with E-state index in [-0.39, 0.29) is 47.4 Å². The molecule has 344 valence electrons. The van der Waals surface area contributed by atoms with E-state index >= 15 is 4.79 Å². The molecule has 0 radical (unpaired) electrons. The van der Waals surface area contributed by atoms with E-state index in [1.807, 2.05) is 42.6 Å². The Hall–Kier alpha value is -6.11. The predicted octanol–water partition coefficient (Wildman–Crippen LogP) is 8.90. The van der Waals surface area contributed by atoms with Gasteiger partial charge >= 0.3 is 0 Å². The molecule has 5 aromatic rings. The van der Waals surface area contributed by atoms with Crippen LogP contribution in [0.25, 0.3) is 10.8 Å². The molecule has 6 unspecified atom stereocenters. The van der Waals surface area contributed by atoms with Crippen molar-refractivity contribution in [3.63, 3.8) is 0 Å². The average molecular weight is 886 g/mol. The number of aliphatic hydroxyl groups excluding tert-OH is 2. The minimum absolute atomic E-state index is 0.00559. The van der Waals surface area contributed by atoms with Crippen LogP contribution < -0.4 is 20.1 Å². The molecular weight excluding hydrogens is 823 g/mol. The molecule has 2 aliphatic heterocycles. The van der Waals surface area contributed by atoms with Gasteiger partial charge < -0.3 is 55.7 Å². The number of aromatic nitrogens is 1. The molecule has 12 heteroatoms. The molecule has 4 aromatic carbocycles. The van der Waals surface area contributed by atoms with Gasteiger partial charge in [0.05, 0.1) is 31.8 Å². The minimum atomic E-state index is -1.16. The largest absolute Gasteiger partial charge is 0.508 e. The number of aryl methyl sites for hydroxylation is 2. The van der Waals surface area contributed by atoms with E-state index in [9.17, 15) is 30.6 Å². The summed E-state index contributed by atoms with van der Waals surface area (Å²) in [4.78, 5) is 19.3. The van der Waals surface area contributed by atoms with Gasteiger partial charge in [-0.2, -0.15) is 0 Å². The highest BCUT2D eigenvalue weighted by atomic mass is 16.5. The van der Waals surface area contributed by atoms with Gasteiger partial charge in [0, 0.05) is 41.9 Å². The van der Waals surface area contributed by atoms with Crippen molar-refractivity contribution in [2.24, 2.45) is 23.2 Å². The normalized spacial score (nSPS) is 22.8. The number of Topliss-reactive ketones (excluding diaryl/α,β-unsaturated/α-hetero) is 1. The minimum Gasteiger partial charge on any atom is -0.508 e. The number of aliphatic hydroxyl groups is 2. The van der Waals surface area contributed by atoms with E-state index in [1.165, 1.54) is 13.2 Å². The number of hydrogen-bond donors (Lipinski definition) is 9. The molecule has 1 aliphatic carbocycles. The Kier molecular flexibility index (Phi) is 13.7. The Labute approximate surface area is 380 Å². The number of phenolic OH excluding ortho intramolecular Hbond substituents is 4. The van der Waals surface area contributed by atoms with Crippen LogP contribution >= 0.6 is 0 Å². The summed E-state index contributed by atoms with van der Waals surface area (Å²) in [6.07, 6.45) is 8.53. The molecule has 65 heavy (non-hydrogen) atoms. The molecule has 3 aliphatic rings. The number of ketones is 1. The summed E-state index contributed by atoms with van der Waals surface area (Å²) in [7, 11) is 1.49. The third-order valence-corrected chi connectivity index (χ3v) is 14.1. The second kappa shape index (κ2) is 19.6. The molecule has 0 saturated heterocycles. The lowest BCUT2D eigenvalue weighted by Crippen LogP contribution is -2.50. The number of anilines is 1. The van der Waals surface area contributed by atoms with Crippen LogP contribution in [-0.2, 0) is 24.1 Å². The van der Waals surface area contributed by atoms with E-state index in [4.69, 9.17) is 9.47 Å². The lowest BCUT2D eigenvalue weighted by molar-refractivity contribution is -0.134. The SMILES string of the molecule is COc1cc(CCC(O)C2C(=O)CC(c3cc(O)c(O)c(OCCCC(C)C)c3)CCc3c(ccc4cc(O)ccc34)NC3=CC(=CCN3)C23CCC(O)C3Cc2ccc[nH]2)ccc1O. The van der Waals surface area contributed by atoms with E-state index in [1.54, 1.807) is 36.4 Å². The van der Waals surface area contributed by atoms with E-state index < -0.39 is 35.4 Å². The van der Waals surface area contributed by atoms with Crippen LogP contribution in [0, 0.1) is 23.2 Å². The third kappa shape index (κ3) is 9.65. The zero-order valence-corrected chi connectivity index (χ0v) is 37.5. The summed E-state index contributed by atoms with van der Waals surface area (Å²) < 4.78 is 11.5. The molecule has 1 fully saturated rings. The third-order valence-electron chi connectivity index (χ3n) is 14.1. The number of allylic oxidation sites excluding steroid dienone is 2. The first-order chi connectivity index (χ1) is 31.3. The first-order valence-electron chi connectivity index (χ1n) is 23.1. The molecular formula is C53H63N3O9. The highest BCUT2D eigenvalue weighted by Gasteiger charge is 2.58. The van der Waals surface area contributed by atoms with Gasteiger partial charge in [-0.15, -0.1) is 0 Å². The van der Waals surface area contributed by atoms with Crippen molar-refractivity contribution in [1.82, 2.24) is 10.3 Å². The molecule has 0 amide bonds. The molecule has 2 bridgehead atoms. The van der Waals surface area contributed by atoms with Gasteiger partial charge in [0.1, 0.15) is 17.4 Å². The summed E-state index contributed by atoms with van der Waals surface area (Å²) in [5.74, 6) is -1.04. The molecule has 8 rings (SSSR count). The number of hydrogen-bond acceptors (Lipinski definition) is 11. The number of carbonyl (C=O) groups is 1. The van der Waals surface area contributed by atoms with E-state index in [2.05, 4.69) is 35.5 Å². The number of nitrogens with one attached hydrogen (secondary N) is 3. The van der Waals surface area contributed by atoms with Gasteiger partial charge in [-0.25, -0.2) is 0 Å². The van der Waals surface area contributed by atoms with Gasteiger partial charge in [-0.1, -0.05) is 38.1 Å². The number of carbonyl (C=O) groups excluding carboxylic acids is 1. The quantitative estimate of drug-likeness (QED) is 0.0405. The first-order valence-corrected chi connectivity index (χ1v) is 23.1. The van der Waals surface area contributed by atoms with Crippen LogP contribution in [-0.4, -0.2) is 73.9 Å². The monoisotopic (exact) mass is 885 g/mol. The number of aromatic amines is 1. The van der Waals surface area contributed by atoms with Crippen molar-refractivity contribution in [2.45, 2.75) is 96.2 Å². The zero-order chi connectivity index (χ0) is 45.8. The highest BCUT2D eigenvalue weighted by molar-refractivity contribution is 5.91. The number of aromatic hydroxyl groups is 4. The van der Waals surface area contributed by atoms with Crippen LogP contribution in [0.1, 0.15) is 87.1 Å². The van der Waals surface area contributed by atoms with Crippen molar-refractivity contribution in [2.75, 3.05) is 25.6 Å². The maximum absolute atomic E-state index is 15.9. The van der Waals surface area contributed by atoms with Gasteiger partial charge in [0.2, 0.25) is 5.75 Å². The number of fused-ring (bicyclic) bond motifs is 5. The van der Waals surface area contributed by atoms with Gasteiger partial charge in [0.25, 0.3) is 0 Å². The lowest BCUT2D eigenvalue weighted by atomic mass is 9.57. The number of ether oxygens (including phenoxy) is 2. The van der Waals surface area contributed by atoms with Crippen molar-refractivity contribution >= 4 is 22.2 Å². The average Bonchev–Trinajstić information content (AvgIpc) is 3.93. The van der Waals surface area contributed by atoms with Crippen LogP contribution in [0.15, 0.2) is 103 Å². The Morgan fingerprint density at radius 3 is 2.55 bits per heavy atom. The smallest absolute Gasteiger partial charge is 0.200 e. The second-order valence-electron chi connectivity index (χ2n) is 18.6. The maximum Gasteiger partial charge on any atom is 0.200 e. The predicted molar refractivity (Wildman–Crippen MR) is 252 cm³/mol. The summed E-state index contributed by atoms with van der Waals surface area (Å²) in [6, 6.07) is 21.5. The van der Waals surface area contributed by atoms with Crippen molar-refractivity contribution in [3.8, 4) is 34.5 Å². The maximum atomic E-state index is 15.9. The lowest BCUT2D eigenvalue weighted by Gasteiger charge is -2.46. The number of benzene rings is 4. The number of phenols is 4. The number of dihydropyridines is 1. The molecule has 1 aromatic heterocycles. The van der Waals surface area contributed by atoms with Crippen molar-refractivity contribution in [1.29, 1.82) is 0 Å². The van der Waals surface area contributed by atoms with E-state index in [0.29, 0.717) is 68.9 Å². The molecule has 9 N–H and O–H groups in total. The van der Waals surface area contributed by atoms with E-state index in [0.717, 1.165) is 57.5 Å². The van der Waals surface area contributed by atoms with Gasteiger partial charge in [-0.05, 0) is 163 Å². The summed E-state index contributed by atoms with van der Waals surface area (Å²) in [5.41, 5.74) is 4.01. The standard InChI is InChI=1S/C53H63N3O9/c1-31(2)6-5-23-65-49-28-35(27-47(62)52(49)63)33-10-13-40-39-14-12-38(57)25-34(39)11-15-42(40)56-50-29-36(19-22-55-50)53(20-18-43(58)41(53)30-37-7-4-21-54-37)51(46(61)26-33)45(60)17-9-32-8-16-44(59)48(24-32)64-3/h4,7-8,11-12,14-16,19,21,24-25,27-29,31,33,41,43,45,51,54-60,62-63H,5-6,9-10,13,17-18,20,22-23,26,30H2,1-3H3. The Morgan fingerprint density at radius 2 is 1.77 bits per heavy atom. The Balaban J connectivity index is 1.28. The van der Waals surface area contributed by atoms with Gasteiger partial charge in [0.15, 0.2) is 23.0 Å². The fourth-order valence-corrected chi connectivity index (χ4v) is 10.9. The van der Waals surface area contributed by atoms with Crippen LogP contribution in [0.4, 0.5) is 5.69 Å². The Morgan fingerprint density at radius 1 is 0.923 bits per heavy atom. The van der Waals surface area contributed by atoms with Crippen molar-refractivity contribution < 1.29 is 44.9 Å². The molecule has 12 nitrogen and oxygen atoms in total. The summed E-state index contributed by atoms with van der Waals surface area (Å²) in [6.45, 7) is 5.05. The summed E-state index contributed by atoms with van der Waals surface area (Å²) in [5, 5.41) is 77.1. The van der Waals surface area contributed by atoms with Crippen LogP contribution in [0.2, 0.25) is 0 Å². The van der Waals surface area contributed by atoms with Gasteiger partial charge in [-0.3, -0.25) is 4.79 Å². The van der Waals surface area contributed by atoms with Crippen molar-refractivity contribution in [3.05, 3.63) is 125 Å². The Bertz CT molecular complexity index is 2550. The number of rotatable bonds is 13. The highest BCUT2D eigenvalue weighted by Crippen LogP contribution is 2.58. The molecule has 3 heterocycles.